The van der Waals surface area contributed by atoms with E-state index in [0.717, 1.165) is 29.5 Å². The lowest BCUT2D eigenvalue weighted by Gasteiger charge is -2.28. The number of furan rings is 1. The molecule has 2 heterocycles. The molecular weight excluding hydrogens is 290 g/mol. The van der Waals surface area contributed by atoms with Gasteiger partial charge in [-0.05, 0) is 24.3 Å². The van der Waals surface area contributed by atoms with Crippen LogP contribution < -0.4 is 4.90 Å². The molecule has 20 heavy (non-hydrogen) atoms. The number of para-hydroxylation sites is 1. The van der Waals surface area contributed by atoms with Crippen molar-refractivity contribution in [3.63, 3.8) is 0 Å². The van der Waals surface area contributed by atoms with Gasteiger partial charge in [-0.2, -0.15) is 0 Å². The summed E-state index contributed by atoms with van der Waals surface area (Å²) in [5.41, 5.74) is 1.05. The van der Waals surface area contributed by atoms with Gasteiger partial charge in [-0.3, -0.25) is 4.79 Å². The van der Waals surface area contributed by atoms with Crippen molar-refractivity contribution in [2.24, 2.45) is 0 Å². The number of carbonyl (C=O) groups is 1. The second kappa shape index (κ2) is 6.41. The summed E-state index contributed by atoms with van der Waals surface area (Å²) in [6.45, 7) is 0.793. The summed E-state index contributed by atoms with van der Waals surface area (Å²) in [6.07, 6.45) is 1.66. The molecule has 5 heteroatoms. The molecule has 0 unspecified atom stereocenters. The fraction of sp³-hybridized carbons (Fsp3) is 0.267. The highest BCUT2D eigenvalue weighted by atomic mass is 32.2. The molecule has 0 fully saturated rings. The van der Waals surface area contributed by atoms with Gasteiger partial charge in [0.2, 0.25) is 5.91 Å². The summed E-state index contributed by atoms with van der Waals surface area (Å²) in [5, 5.41) is 0. The third-order valence-corrected chi connectivity index (χ3v) is 5.06. The van der Waals surface area contributed by atoms with Crippen LogP contribution in [-0.2, 0) is 10.5 Å². The maximum absolute atomic E-state index is 12.4. The Morgan fingerprint density at radius 3 is 3.05 bits per heavy atom. The van der Waals surface area contributed by atoms with Crippen molar-refractivity contribution >= 4 is 35.1 Å². The molecule has 0 aliphatic carbocycles. The lowest BCUT2D eigenvalue weighted by Crippen LogP contribution is -2.36. The van der Waals surface area contributed by atoms with Crippen LogP contribution in [0.5, 0.6) is 0 Å². The van der Waals surface area contributed by atoms with Crippen LogP contribution in [0.15, 0.2) is 52.0 Å². The highest BCUT2D eigenvalue weighted by molar-refractivity contribution is 7.99. The summed E-state index contributed by atoms with van der Waals surface area (Å²) in [7, 11) is 0. The second-order valence-electron chi connectivity index (χ2n) is 4.43. The first kappa shape index (κ1) is 13.6. The molecule has 3 nitrogen and oxygen atoms in total. The van der Waals surface area contributed by atoms with E-state index >= 15 is 0 Å². The van der Waals surface area contributed by atoms with E-state index in [4.69, 9.17) is 4.42 Å². The molecule has 2 aromatic rings. The lowest BCUT2D eigenvalue weighted by molar-refractivity contribution is -0.116. The Balaban J connectivity index is 1.60. The number of amides is 1. The van der Waals surface area contributed by atoms with Crippen LogP contribution in [0.4, 0.5) is 5.69 Å². The highest BCUT2D eigenvalue weighted by Crippen LogP contribution is 2.34. The van der Waals surface area contributed by atoms with E-state index in [2.05, 4.69) is 6.07 Å². The minimum atomic E-state index is 0.175. The van der Waals surface area contributed by atoms with E-state index in [1.54, 1.807) is 18.0 Å². The van der Waals surface area contributed by atoms with Crippen molar-refractivity contribution < 1.29 is 9.21 Å². The van der Waals surface area contributed by atoms with Crippen molar-refractivity contribution in [3.05, 3.63) is 48.4 Å². The number of anilines is 1. The molecule has 1 amide bonds. The molecule has 1 aliphatic heterocycles. The van der Waals surface area contributed by atoms with Crippen molar-refractivity contribution in [2.45, 2.75) is 10.6 Å². The first-order valence-corrected chi connectivity index (χ1v) is 8.61. The summed E-state index contributed by atoms with van der Waals surface area (Å²) < 4.78 is 5.27. The third kappa shape index (κ3) is 3.04. The van der Waals surface area contributed by atoms with Crippen LogP contribution in [0, 0.1) is 0 Å². The molecule has 0 atom stereocenters. The summed E-state index contributed by atoms with van der Waals surface area (Å²) in [6, 6.07) is 11.9. The number of benzene rings is 1. The Labute approximate surface area is 126 Å². The SMILES string of the molecule is O=C(CSCc1ccco1)N1CCSc2ccccc21. The molecule has 0 saturated carbocycles. The average molecular weight is 305 g/mol. The highest BCUT2D eigenvalue weighted by Gasteiger charge is 2.22. The molecule has 1 aromatic heterocycles. The van der Waals surface area contributed by atoms with E-state index in [9.17, 15) is 4.79 Å². The number of hydrogen-bond donors (Lipinski definition) is 0. The van der Waals surface area contributed by atoms with E-state index in [1.165, 1.54) is 4.90 Å². The maximum atomic E-state index is 12.4. The summed E-state index contributed by atoms with van der Waals surface area (Å²) >= 11 is 3.41. The predicted molar refractivity (Wildman–Crippen MR) is 84.4 cm³/mol. The van der Waals surface area contributed by atoms with Gasteiger partial charge in [0.15, 0.2) is 0 Å². The number of thioether (sulfide) groups is 2. The van der Waals surface area contributed by atoms with Gasteiger partial charge in [0.1, 0.15) is 5.76 Å². The largest absolute Gasteiger partial charge is 0.468 e. The van der Waals surface area contributed by atoms with Crippen molar-refractivity contribution in [3.8, 4) is 0 Å². The summed E-state index contributed by atoms with van der Waals surface area (Å²) in [4.78, 5) is 15.5. The normalized spacial score (nSPS) is 14.1. The van der Waals surface area contributed by atoms with Crippen LogP contribution in [-0.4, -0.2) is 24.0 Å². The van der Waals surface area contributed by atoms with Crippen molar-refractivity contribution in [2.75, 3.05) is 23.0 Å². The Morgan fingerprint density at radius 1 is 1.30 bits per heavy atom. The molecule has 0 N–H and O–H groups in total. The first-order chi connectivity index (χ1) is 9.84. The monoisotopic (exact) mass is 305 g/mol. The third-order valence-electron chi connectivity index (χ3n) is 3.08. The number of hydrogen-bond acceptors (Lipinski definition) is 4. The molecule has 1 aromatic carbocycles. The number of carbonyl (C=O) groups excluding carboxylic acids is 1. The Morgan fingerprint density at radius 2 is 2.20 bits per heavy atom. The smallest absolute Gasteiger partial charge is 0.237 e. The van der Waals surface area contributed by atoms with Crippen LogP contribution in [0.2, 0.25) is 0 Å². The van der Waals surface area contributed by atoms with Gasteiger partial charge in [-0.25, -0.2) is 0 Å². The topological polar surface area (TPSA) is 33.5 Å². The second-order valence-corrected chi connectivity index (χ2v) is 6.56. The minimum absolute atomic E-state index is 0.175. The Kier molecular flexibility index (Phi) is 4.38. The molecule has 0 spiro atoms. The molecular formula is C15H15NO2S2. The van der Waals surface area contributed by atoms with Gasteiger partial charge in [0, 0.05) is 17.2 Å². The quantitative estimate of drug-likeness (QED) is 0.863. The molecule has 1 aliphatic rings. The molecule has 0 bridgehead atoms. The Hall–Kier alpha value is -1.33. The minimum Gasteiger partial charge on any atom is -0.468 e. The molecule has 0 radical (unpaired) electrons. The standard InChI is InChI=1S/C15H15NO2S2/c17-15(11-19-10-12-4-3-8-18-12)16-7-9-20-14-6-2-1-5-13(14)16/h1-6,8H,7,9-11H2. The van der Waals surface area contributed by atoms with E-state index in [-0.39, 0.29) is 5.91 Å². The molecule has 0 saturated heterocycles. The fourth-order valence-electron chi connectivity index (χ4n) is 2.14. The lowest BCUT2D eigenvalue weighted by atomic mass is 10.3. The van der Waals surface area contributed by atoms with Crippen LogP contribution in [0.25, 0.3) is 0 Å². The van der Waals surface area contributed by atoms with Crippen LogP contribution >= 0.6 is 23.5 Å². The van der Waals surface area contributed by atoms with Gasteiger partial charge < -0.3 is 9.32 Å². The van der Waals surface area contributed by atoms with Gasteiger partial charge in [0.05, 0.1) is 23.5 Å². The first-order valence-electron chi connectivity index (χ1n) is 6.47. The average Bonchev–Trinajstić information content (AvgIpc) is 3.00. The van der Waals surface area contributed by atoms with Gasteiger partial charge in [0.25, 0.3) is 0 Å². The summed E-state index contributed by atoms with van der Waals surface area (Å²) in [5.74, 6) is 3.28. The van der Waals surface area contributed by atoms with E-state index in [1.807, 2.05) is 47.0 Å². The zero-order valence-corrected chi connectivity index (χ0v) is 12.6. The van der Waals surface area contributed by atoms with Gasteiger partial charge in [-0.1, -0.05) is 12.1 Å². The van der Waals surface area contributed by atoms with Crippen LogP contribution in [0.1, 0.15) is 5.76 Å². The van der Waals surface area contributed by atoms with E-state index in [0.29, 0.717) is 5.75 Å². The van der Waals surface area contributed by atoms with E-state index < -0.39 is 0 Å². The maximum Gasteiger partial charge on any atom is 0.237 e. The molecule has 104 valence electrons. The fourth-order valence-corrected chi connectivity index (χ4v) is 3.93. The van der Waals surface area contributed by atoms with Gasteiger partial charge >= 0.3 is 0 Å². The van der Waals surface area contributed by atoms with Crippen LogP contribution in [0.3, 0.4) is 0 Å². The number of fused-ring (bicyclic) bond motifs is 1. The zero-order valence-electron chi connectivity index (χ0n) is 11.0. The molecule has 3 rings (SSSR count). The van der Waals surface area contributed by atoms with Crippen molar-refractivity contribution in [1.82, 2.24) is 0 Å². The zero-order chi connectivity index (χ0) is 13.8. The number of nitrogens with zero attached hydrogens (tertiary/aromatic N) is 1. The predicted octanol–water partition coefficient (Wildman–Crippen LogP) is 3.65. The van der Waals surface area contributed by atoms with Gasteiger partial charge in [-0.15, -0.1) is 23.5 Å². The Bertz CT molecular complexity index is 583. The number of rotatable bonds is 4. The van der Waals surface area contributed by atoms with Crippen molar-refractivity contribution in [1.29, 1.82) is 0 Å².